The Hall–Kier alpha value is -2.23. The molecule has 0 spiro atoms. The number of aromatic nitrogens is 1. The van der Waals surface area contributed by atoms with Gasteiger partial charge in [-0.25, -0.2) is 4.39 Å². The largest absolute Gasteiger partial charge is 0.345 e. The minimum atomic E-state index is -0.497. The summed E-state index contributed by atoms with van der Waals surface area (Å²) in [6.45, 7) is 8.06. The molecule has 1 unspecified atom stereocenters. The molecule has 23 heavy (non-hydrogen) atoms. The van der Waals surface area contributed by atoms with Crippen LogP contribution in [0.3, 0.4) is 0 Å². The second-order valence-corrected chi connectivity index (χ2v) is 7.01. The van der Waals surface area contributed by atoms with Crippen LogP contribution in [0.15, 0.2) is 42.7 Å². The topological polar surface area (TPSA) is 42.0 Å². The van der Waals surface area contributed by atoms with Crippen LogP contribution < -0.4 is 5.32 Å². The van der Waals surface area contributed by atoms with E-state index >= 15 is 0 Å². The van der Waals surface area contributed by atoms with E-state index < -0.39 is 11.7 Å². The highest BCUT2D eigenvalue weighted by Crippen LogP contribution is 2.29. The van der Waals surface area contributed by atoms with E-state index in [-0.39, 0.29) is 17.0 Å². The van der Waals surface area contributed by atoms with E-state index in [0.29, 0.717) is 5.56 Å². The highest BCUT2D eigenvalue weighted by molar-refractivity contribution is 5.96. The van der Waals surface area contributed by atoms with E-state index in [1.807, 2.05) is 12.1 Å². The van der Waals surface area contributed by atoms with Gasteiger partial charge in [0.15, 0.2) is 0 Å². The van der Waals surface area contributed by atoms with Crippen LogP contribution in [-0.4, -0.2) is 10.9 Å². The third-order valence-electron chi connectivity index (χ3n) is 3.66. The van der Waals surface area contributed by atoms with E-state index in [9.17, 15) is 9.18 Å². The van der Waals surface area contributed by atoms with Gasteiger partial charge >= 0.3 is 0 Å². The number of nitrogens with one attached hydrogen (secondary N) is 1. The van der Waals surface area contributed by atoms with Gasteiger partial charge in [0.1, 0.15) is 5.82 Å². The number of nitrogens with zero attached hydrogens (tertiary/aromatic N) is 1. The lowest BCUT2D eigenvalue weighted by Crippen LogP contribution is -2.32. The van der Waals surface area contributed by atoms with Gasteiger partial charge in [-0.2, -0.15) is 0 Å². The molecule has 122 valence electrons. The predicted molar refractivity (Wildman–Crippen MR) is 89.7 cm³/mol. The van der Waals surface area contributed by atoms with E-state index in [1.165, 1.54) is 6.07 Å². The molecule has 1 heterocycles. The molecule has 0 aliphatic carbocycles. The van der Waals surface area contributed by atoms with Gasteiger partial charge in [0.05, 0.1) is 11.6 Å². The number of hydrogen-bond donors (Lipinski definition) is 1. The summed E-state index contributed by atoms with van der Waals surface area (Å²) in [7, 11) is 0. The molecule has 0 aliphatic rings. The molecule has 1 atom stereocenters. The third kappa shape index (κ3) is 4.62. The monoisotopic (exact) mass is 314 g/mol. The molecule has 1 N–H and O–H groups in total. The zero-order valence-electron chi connectivity index (χ0n) is 14.1. The van der Waals surface area contributed by atoms with E-state index in [0.717, 1.165) is 12.0 Å². The second kappa shape index (κ2) is 6.90. The van der Waals surface area contributed by atoms with E-state index in [2.05, 4.69) is 31.1 Å². The normalized spacial score (nSPS) is 12.7. The molecule has 1 aromatic heterocycles. The van der Waals surface area contributed by atoms with Gasteiger partial charge in [-0.05, 0) is 42.0 Å². The van der Waals surface area contributed by atoms with Crippen LogP contribution in [0, 0.1) is 18.2 Å². The van der Waals surface area contributed by atoms with Gasteiger partial charge in [0.25, 0.3) is 5.91 Å². The first kappa shape index (κ1) is 17.1. The number of carbonyl (C=O) groups is 1. The standard InChI is InChI=1S/C19H23FN2O/c1-13-7-5-9-15(20)17(13)18(23)22-16(11-19(2,3)4)14-8-6-10-21-12-14/h5-10,12,16H,11H2,1-4H3,(H,22,23). The first-order valence-corrected chi connectivity index (χ1v) is 7.74. The number of aryl methyl sites for hydroxylation is 1. The van der Waals surface area contributed by atoms with Crippen molar-refractivity contribution < 1.29 is 9.18 Å². The van der Waals surface area contributed by atoms with Crippen molar-refractivity contribution in [3.8, 4) is 0 Å². The molecule has 4 heteroatoms. The molecule has 0 bridgehead atoms. The highest BCUT2D eigenvalue weighted by atomic mass is 19.1. The van der Waals surface area contributed by atoms with Crippen LogP contribution in [0.2, 0.25) is 0 Å². The smallest absolute Gasteiger partial charge is 0.255 e. The summed E-state index contributed by atoms with van der Waals surface area (Å²) in [6.07, 6.45) is 4.17. The zero-order valence-corrected chi connectivity index (χ0v) is 14.1. The molecule has 0 radical (unpaired) electrons. The summed E-state index contributed by atoms with van der Waals surface area (Å²) in [5, 5.41) is 2.97. The van der Waals surface area contributed by atoms with Gasteiger partial charge < -0.3 is 5.32 Å². The Morgan fingerprint density at radius 3 is 2.57 bits per heavy atom. The third-order valence-corrected chi connectivity index (χ3v) is 3.66. The Morgan fingerprint density at radius 1 is 1.26 bits per heavy atom. The van der Waals surface area contributed by atoms with Crippen molar-refractivity contribution in [1.29, 1.82) is 0 Å². The maximum absolute atomic E-state index is 14.0. The average Bonchev–Trinajstić information content (AvgIpc) is 2.46. The first-order valence-electron chi connectivity index (χ1n) is 7.74. The van der Waals surface area contributed by atoms with Crippen LogP contribution in [0.5, 0.6) is 0 Å². The van der Waals surface area contributed by atoms with Crippen LogP contribution in [0.4, 0.5) is 4.39 Å². The fourth-order valence-corrected chi connectivity index (χ4v) is 2.60. The molecule has 2 rings (SSSR count). The minimum absolute atomic E-state index is 0.0120. The number of hydrogen-bond acceptors (Lipinski definition) is 2. The van der Waals surface area contributed by atoms with Crippen molar-refractivity contribution in [2.45, 2.75) is 40.2 Å². The quantitative estimate of drug-likeness (QED) is 0.906. The van der Waals surface area contributed by atoms with Gasteiger partial charge in [-0.15, -0.1) is 0 Å². The number of carbonyl (C=O) groups excluding carboxylic acids is 1. The van der Waals surface area contributed by atoms with Crippen molar-refractivity contribution in [3.05, 3.63) is 65.2 Å². The maximum atomic E-state index is 14.0. The van der Waals surface area contributed by atoms with Gasteiger partial charge in [-0.1, -0.05) is 39.0 Å². The molecule has 1 aromatic carbocycles. The molecule has 0 saturated heterocycles. The zero-order chi connectivity index (χ0) is 17.0. The molecular formula is C19H23FN2O. The Labute approximate surface area is 137 Å². The lowest BCUT2D eigenvalue weighted by Gasteiger charge is -2.27. The number of benzene rings is 1. The van der Waals surface area contributed by atoms with Crippen LogP contribution in [-0.2, 0) is 0 Å². The fraction of sp³-hybridized carbons (Fsp3) is 0.368. The van der Waals surface area contributed by atoms with Crippen molar-refractivity contribution in [2.24, 2.45) is 5.41 Å². The highest BCUT2D eigenvalue weighted by Gasteiger charge is 2.24. The Kier molecular flexibility index (Phi) is 5.14. The van der Waals surface area contributed by atoms with Crippen molar-refractivity contribution >= 4 is 5.91 Å². The van der Waals surface area contributed by atoms with Gasteiger partial charge in [-0.3, -0.25) is 9.78 Å². The second-order valence-electron chi connectivity index (χ2n) is 7.01. The molecule has 0 fully saturated rings. The van der Waals surface area contributed by atoms with E-state index in [4.69, 9.17) is 0 Å². The Balaban J connectivity index is 2.29. The number of amides is 1. The molecule has 0 saturated carbocycles. The number of pyridine rings is 1. The summed E-state index contributed by atoms with van der Waals surface area (Å²) in [4.78, 5) is 16.7. The van der Waals surface area contributed by atoms with Crippen molar-refractivity contribution in [2.75, 3.05) is 0 Å². The molecule has 1 amide bonds. The van der Waals surface area contributed by atoms with Gasteiger partial charge in [0.2, 0.25) is 0 Å². The van der Waals surface area contributed by atoms with Crippen LogP contribution in [0.25, 0.3) is 0 Å². The summed E-state index contributed by atoms with van der Waals surface area (Å²) >= 11 is 0. The molecule has 0 aliphatic heterocycles. The van der Waals surface area contributed by atoms with E-state index in [1.54, 1.807) is 31.5 Å². The van der Waals surface area contributed by atoms with Crippen molar-refractivity contribution in [3.63, 3.8) is 0 Å². The molecular weight excluding hydrogens is 291 g/mol. The molecule has 3 nitrogen and oxygen atoms in total. The average molecular weight is 314 g/mol. The minimum Gasteiger partial charge on any atom is -0.345 e. The van der Waals surface area contributed by atoms with Crippen LogP contribution >= 0.6 is 0 Å². The fourth-order valence-electron chi connectivity index (χ4n) is 2.60. The van der Waals surface area contributed by atoms with Gasteiger partial charge in [0, 0.05) is 12.4 Å². The maximum Gasteiger partial charge on any atom is 0.255 e. The summed E-state index contributed by atoms with van der Waals surface area (Å²) in [5.74, 6) is -0.887. The molecule has 2 aromatic rings. The number of rotatable bonds is 4. The summed E-state index contributed by atoms with van der Waals surface area (Å²) in [5.41, 5.74) is 1.67. The number of halogens is 1. The first-order chi connectivity index (χ1) is 10.8. The Bertz CT molecular complexity index is 657. The SMILES string of the molecule is Cc1cccc(F)c1C(=O)NC(CC(C)(C)C)c1cccnc1. The predicted octanol–water partition coefficient (Wildman–Crippen LogP) is 4.44. The lowest BCUT2D eigenvalue weighted by molar-refractivity contribution is 0.0921. The summed E-state index contributed by atoms with van der Waals surface area (Å²) < 4.78 is 14.0. The van der Waals surface area contributed by atoms with Crippen molar-refractivity contribution in [1.82, 2.24) is 10.3 Å². The Morgan fingerprint density at radius 2 is 2.00 bits per heavy atom. The van der Waals surface area contributed by atoms with Crippen LogP contribution in [0.1, 0.15) is 54.7 Å². The summed E-state index contributed by atoms with van der Waals surface area (Å²) in [6, 6.07) is 8.21. The lowest BCUT2D eigenvalue weighted by atomic mass is 9.85.